The number of fused-ring (bicyclic) bond motifs is 1. The van der Waals surface area contributed by atoms with Gasteiger partial charge in [0, 0.05) is 28.3 Å². The van der Waals surface area contributed by atoms with Gasteiger partial charge in [-0.25, -0.2) is 4.39 Å². The van der Waals surface area contributed by atoms with Crippen LogP contribution in [0.4, 0.5) is 9.52 Å². The summed E-state index contributed by atoms with van der Waals surface area (Å²) in [5, 5.41) is 20.5. The maximum atomic E-state index is 15.2. The lowest BCUT2D eigenvalue weighted by atomic mass is 9.94. The molecule has 4 aromatic rings. The van der Waals surface area contributed by atoms with Crippen LogP contribution in [0.25, 0.3) is 5.76 Å². The number of hydrogen-bond donors (Lipinski definition) is 1. The predicted octanol–water partition coefficient (Wildman–Crippen LogP) is 6.57. The number of nitrogens with zero attached hydrogens (tertiary/aromatic N) is 3. The van der Waals surface area contributed by atoms with Gasteiger partial charge in [0.2, 0.25) is 5.13 Å². The Kier molecular flexibility index (Phi) is 7.07. The van der Waals surface area contributed by atoms with Gasteiger partial charge < -0.3 is 9.84 Å². The van der Waals surface area contributed by atoms with Gasteiger partial charge in [0.1, 0.15) is 29.5 Å². The van der Waals surface area contributed by atoms with Crippen molar-refractivity contribution in [3.63, 3.8) is 0 Å². The third-order valence-electron chi connectivity index (χ3n) is 6.72. The summed E-state index contributed by atoms with van der Waals surface area (Å²) in [6.07, 6.45) is 0.625. The van der Waals surface area contributed by atoms with E-state index in [1.807, 2.05) is 25.1 Å². The van der Waals surface area contributed by atoms with Gasteiger partial charge >= 0.3 is 5.91 Å². The number of carbonyl (C=O) groups excluding carboxylic acids is 2. The summed E-state index contributed by atoms with van der Waals surface area (Å²) < 4.78 is 21.5. The first kappa shape index (κ1) is 26.5. The third-order valence-corrected chi connectivity index (χ3v) is 9.20. The zero-order chi connectivity index (χ0) is 28.0. The molecule has 7 nitrogen and oxygen atoms in total. The average Bonchev–Trinajstić information content (AvgIpc) is 3.63. The number of ether oxygens (including phenoxy) is 1. The minimum Gasteiger partial charge on any atom is -0.507 e. The fourth-order valence-corrected chi connectivity index (χ4v) is 7.01. The van der Waals surface area contributed by atoms with Gasteiger partial charge in [0.25, 0.3) is 5.78 Å². The standard InChI is InChI=1S/C29H21ClFN3O4S2/c1-15-12-18-13-16(10-11-22(18)38-15)25(35)23-24(19-7-3-5-9-21(19)31)34(27(37)26(23)36)28-32-33-29(40-28)39-14-17-6-2-4-8-20(17)30/h2-11,13,15,24,35H,12,14H2,1H3/t15-,24+/m0/s1. The van der Waals surface area contributed by atoms with Gasteiger partial charge in [0.15, 0.2) is 4.34 Å². The van der Waals surface area contributed by atoms with Crippen LogP contribution in [-0.2, 0) is 21.8 Å². The van der Waals surface area contributed by atoms with Crippen LogP contribution in [0.2, 0.25) is 5.02 Å². The summed E-state index contributed by atoms with van der Waals surface area (Å²) in [6.45, 7) is 1.94. The summed E-state index contributed by atoms with van der Waals surface area (Å²) in [4.78, 5) is 27.9. The van der Waals surface area contributed by atoms with Crippen molar-refractivity contribution in [2.24, 2.45) is 0 Å². The van der Waals surface area contributed by atoms with E-state index in [2.05, 4.69) is 10.2 Å². The number of aliphatic hydroxyl groups excluding tert-OH is 1. The molecule has 1 N–H and O–H groups in total. The van der Waals surface area contributed by atoms with Crippen molar-refractivity contribution in [3.05, 3.63) is 105 Å². The second kappa shape index (κ2) is 10.7. The van der Waals surface area contributed by atoms with E-state index in [1.54, 1.807) is 30.3 Å². The van der Waals surface area contributed by atoms with Crippen LogP contribution in [0.15, 0.2) is 76.6 Å². The van der Waals surface area contributed by atoms with Crippen molar-refractivity contribution in [2.45, 2.75) is 35.6 Å². The summed E-state index contributed by atoms with van der Waals surface area (Å²) in [6, 6.07) is 17.1. The molecule has 6 rings (SSSR count). The SMILES string of the molecule is C[C@H]1Cc2cc(C(O)=C3C(=O)C(=O)N(c4nnc(SCc5ccccc5Cl)s4)[C@@H]3c3ccccc3F)ccc2O1. The van der Waals surface area contributed by atoms with E-state index in [9.17, 15) is 14.7 Å². The molecule has 0 unspecified atom stereocenters. The van der Waals surface area contributed by atoms with Crippen molar-refractivity contribution >= 4 is 57.3 Å². The summed E-state index contributed by atoms with van der Waals surface area (Å²) in [7, 11) is 0. The van der Waals surface area contributed by atoms with Crippen LogP contribution >= 0.6 is 34.7 Å². The minimum absolute atomic E-state index is 0.0150. The molecular weight excluding hydrogens is 573 g/mol. The van der Waals surface area contributed by atoms with Crippen LogP contribution in [0.5, 0.6) is 5.75 Å². The fraction of sp³-hybridized carbons (Fsp3) is 0.172. The number of amides is 1. The molecule has 3 aromatic carbocycles. The van der Waals surface area contributed by atoms with E-state index < -0.39 is 29.3 Å². The molecule has 1 fully saturated rings. The van der Waals surface area contributed by atoms with Crippen molar-refractivity contribution in [2.75, 3.05) is 4.90 Å². The summed E-state index contributed by atoms with van der Waals surface area (Å²) in [5.41, 5.74) is 1.96. The first-order valence-corrected chi connectivity index (χ1v) is 14.5. The minimum atomic E-state index is -1.24. The van der Waals surface area contributed by atoms with Crippen LogP contribution in [0.3, 0.4) is 0 Å². The van der Waals surface area contributed by atoms with E-state index in [-0.39, 0.29) is 22.4 Å². The molecule has 3 heterocycles. The molecule has 0 bridgehead atoms. The number of anilines is 1. The highest BCUT2D eigenvalue weighted by atomic mass is 35.5. The van der Waals surface area contributed by atoms with Gasteiger partial charge in [-0.2, -0.15) is 0 Å². The highest BCUT2D eigenvalue weighted by Crippen LogP contribution is 2.45. The maximum absolute atomic E-state index is 15.2. The Bertz CT molecular complexity index is 1690. The molecule has 1 aromatic heterocycles. The lowest BCUT2D eigenvalue weighted by molar-refractivity contribution is -0.132. The Morgan fingerprint density at radius 3 is 2.73 bits per heavy atom. The van der Waals surface area contributed by atoms with Crippen molar-refractivity contribution in [1.29, 1.82) is 0 Å². The number of Topliss-reactive ketones (excluding diaryl/α,β-unsaturated/α-hetero) is 1. The largest absolute Gasteiger partial charge is 0.507 e. The Balaban J connectivity index is 1.40. The monoisotopic (exact) mass is 593 g/mol. The van der Waals surface area contributed by atoms with Crippen molar-refractivity contribution < 1.29 is 23.8 Å². The first-order chi connectivity index (χ1) is 19.3. The lowest BCUT2D eigenvalue weighted by Crippen LogP contribution is -2.29. The van der Waals surface area contributed by atoms with E-state index in [4.69, 9.17) is 16.3 Å². The number of hydrogen-bond acceptors (Lipinski definition) is 8. The molecule has 40 heavy (non-hydrogen) atoms. The van der Waals surface area contributed by atoms with E-state index in [0.717, 1.165) is 27.4 Å². The molecule has 1 saturated heterocycles. The van der Waals surface area contributed by atoms with Gasteiger partial charge in [-0.15, -0.1) is 10.2 Å². The van der Waals surface area contributed by atoms with E-state index in [0.29, 0.717) is 32.8 Å². The van der Waals surface area contributed by atoms with Gasteiger partial charge in [-0.1, -0.05) is 71.1 Å². The normalized spacial score (nSPS) is 19.6. The highest BCUT2D eigenvalue weighted by molar-refractivity contribution is 8.00. The Morgan fingerprint density at radius 1 is 1.15 bits per heavy atom. The van der Waals surface area contributed by atoms with Crippen LogP contribution in [-0.4, -0.2) is 33.1 Å². The van der Waals surface area contributed by atoms with Crippen molar-refractivity contribution in [3.8, 4) is 5.75 Å². The lowest BCUT2D eigenvalue weighted by Gasteiger charge is -2.22. The maximum Gasteiger partial charge on any atom is 0.301 e. The predicted molar refractivity (Wildman–Crippen MR) is 152 cm³/mol. The zero-order valence-corrected chi connectivity index (χ0v) is 23.4. The molecule has 202 valence electrons. The average molecular weight is 594 g/mol. The number of aromatic nitrogens is 2. The molecule has 0 radical (unpaired) electrons. The number of rotatable bonds is 6. The second-order valence-corrected chi connectivity index (χ2v) is 12.0. The molecule has 0 saturated carbocycles. The molecule has 11 heteroatoms. The number of halogens is 2. The number of carbonyl (C=O) groups is 2. The molecule has 1 amide bonds. The Morgan fingerprint density at radius 2 is 1.93 bits per heavy atom. The summed E-state index contributed by atoms with van der Waals surface area (Å²) >= 11 is 8.74. The van der Waals surface area contributed by atoms with Gasteiger partial charge in [-0.05, 0) is 48.4 Å². The molecule has 0 aliphatic carbocycles. The van der Waals surface area contributed by atoms with Crippen LogP contribution in [0, 0.1) is 5.82 Å². The Labute approximate surface area is 242 Å². The second-order valence-electron chi connectivity index (χ2n) is 9.38. The number of ketones is 1. The zero-order valence-electron chi connectivity index (χ0n) is 21.0. The molecular formula is C29H21ClFN3O4S2. The molecule has 0 spiro atoms. The van der Waals surface area contributed by atoms with Gasteiger partial charge in [0.05, 0.1) is 5.57 Å². The number of benzene rings is 3. The van der Waals surface area contributed by atoms with E-state index in [1.165, 1.54) is 30.0 Å². The topological polar surface area (TPSA) is 92.6 Å². The number of aliphatic hydroxyl groups is 1. The first-order valence-electron chi connectivity index (χ1n) is 12.4. The van der Waals surface area contributed by atoms with E-state index >= 15 is 4.39 Å². The third kappa shape index (κ3) is 4.76. The number of thioether (sulfide) groups is 1. The van der Waals surface area contributed by atoms with Crippen molar-refractivity contribution in [1.82, 2.24) is 10.2 Å². The van der Waals surface area contributed by atoms with Gasteiger partial charge in [-0.3, -0.25) is 14.5 Å². The molecule has 2 aliphatic heterocycles. The highest BCUT2D eigenvalue weighted by Gasteiger charge is 2.49. The molecule has 2 atom stereocenters. The fourth-order valence-electron chi connectivity index (χ4n) is 4.86. The molecule has 2 aliphatic rings. The van der Waals surface area contributed by atoms with Crippen LogP contribution < -0.4 is 9.64 Å². The van der Waals surface area contributed by atoms with Crippen LogP contribution in [0.1, 0.15) is 35.2 Å². The quantitative estimate of drug-likeness (QED) is 0.0888. The smallest absolute Gasteiger partial charge is 0.301 e. The Hall–Kier alpha value is -3.73. The summed E-state index contributed by atoms with van der Waals surface area (Å²) in [5.74, 6) is -1.66.